The van der Waals surface area contributed by atoms with Crippen molar-refractivity contribution in [2.75, 3.05) is 39.4 Å². The zero-order valence-corrected chi connectivity index (χ0v) is 13.1. The minimum absolute atomic E-state index is 0.207. The second kappa shape index (κ2) is 6.55. The van der Waals surface area contributed by atoms with Gasteiger partial charge >= 0.3 is 0 Å². The molecule has 0 bridgehead atoms. The molecule has 2 fully saturated rings. The molecule has 1 heterocycles. The van der Waals surface area contributed by atoms with E-state index in [1.165, 1.54) is 45.2 Å². The lowest BCUT2D eigenvalue weighted by atomic mass is 9.83. The molecule has 3 nitrogen and oxygen atoms in total. The maximum absolute atomic E-state index is 5.65. The van der Waals surface area contributed by atoms with Crippen LogP contribution in [-0.4, -0.2) is 49.8 Å². The van der Waals surface area contributed by atoms with E-state index in [1.54, 1.807) is 0 Å². The van der Waals surface area contributed by atoms with Gasteiger partial charge in [-0.2, -0.15) is 0 Å². The average Bonchev–Trinajstić information content (AvgIpc) is 2.81. The summed E-state index contributed by atoms with van der Waals surface area (Å²) >= 11 is 0. The van der Waals surface area contributed by atoms with Crippen molar-refractivity contribution < 1.29 is 4.74 Å². The number of rotatable bonds is 6. The largest absolute Gasteiger partial charge is 0.378 e. The van der Waals surface area contributed by atoms with E-state index in [0.29, 0.717) is 5.41 Å². The Kier molecular flexibility index (Phi) is 5.27. The summed E-state index contributed by atoms with van der Waals surface area (Å²) < 4.78 is 5.65. The summed E-state index contributed by atoms with van der Waals surface area (Å²) in [5.74, 6) is 0. The fraction of sp³-hybridized carbons (Fsp3) is 1.00. The molecule has 1 saturated heterocycles. The maximum Gasteiger partial charge on any atom is 0.0645 e. The van der Waals surface area contributed by atoms with Crippen molar-refractivity contribution in [2.24, 2.45) is 5.41 Å². The van der Waals surface area contributed by atoms with Crippen molar-refractivity contribution in [1.29, 1.82) is 0 Å². The highest BCUT2D eigenvalue weighted by atomic mass is 16.5. The monoisotopic (exact) mass is 268 g/mol. The van der Waals surface area contributed by atoms with Crippen LogP contribution in [0.15, 0.2) is 0 Å². The van der Waals surface area contributed by atoms with Gasteiger partial charge in [0, 0.05) is 25.2 Å². The van der Waals surface area contributed by atoms with E-state index >= 15 is 0 Å². The van der Waals surface area contributed by atoms with E-state index < -0.39 is 0 Å². The Bertz CT molecular complexity index is 272. The van der Waals surface area contributed by atoms with Gasteiger partial charge in [0.1, 0.15) is 0 Å². The van der Waals surface area contributed by atoms with E-state index in [9.17, 15) is 0 Å². The molecule has 0 amide bonds. The van der Waals surface area contributed by atoms with Crippen molar-refractivity contribution in [3.63, 3.8) is 0 Å². The number of ether oxygens (including phenoxy) is 1. The molecule has 0 radical (unpaired) electrons. The Hall–Kier alpha value is -0.120. The van der Waals surface area contributed by atoms with Crippen LogP contribution in [0.3, 0.4) is 0 Å². The molecule has 1 N–H and O–H groups in total. The third kappa shape index (κ3) is 3.93. The molecule has 1 saturated carbocycles. The lowest BCUT2D eigenvalue weighted by molar-refractivity contribution is -0.0676. The fourth-order valence-corrected chi connectivity index (χ4v) is 3.63. The highest BCUT2D eigenvalue weighted by Crippen LogP contribution is 2.40. The summed E-state index contributed by atoms with van der Waals surface area (Å²) in [4.78, 5) is 2.68. The minimum atomic E-state index is 0.207. The second-order valence-corrected chi connectivity index (χ2v) is 7.17. The van der Waals surface area contributed by atoms with E-state index in [4.69, 9.17) is 4.74 Å². The Morgan fingerprint density at radius 1 is 1.21 bits per heavy atom. The molecule has 0 spiro atoms. The van der Waals surface area contributed by atoms with Crippen LogP contribution in [0.25, 0.3) is 0 Å². The Morgan fingerprint density at radius 3 is 2.58 bits per heavy atom. The molecule has 2 aliphatic rings. The molecule has 2 rings (SSSR count). The smallest absolute Gasteiger partial charge is 0.0645 e. The molecule has 0 aromatic carbocycles. The molecule has 112 valence electrons. The van der Waals surface area contributed by atoms with Crippen molar-refractivity contribution >= 4 is 0 Å². The molecule has 0 aromatic heterocycles. The SMILES string of the molecule is CCCNCC1(CN2CCOCC2(C)C)CCCC1. The quantitative estimate of drug-likeness (QED) is 0.750. The van der Waals surface area contributed by atoms with E-state index in [1.807, 2.05) is 0 Å². The molecular weight excluding hydrogens is 236 g/mol. The highest BCUT2D eigenvalue weighted by Gasteiger charge is 2.40. The van der Waals surface area contributed by atoms with Crippen LogP contribution in [0.4, 0.5) is 0 Å². The third-order valence-electron chi connectivity index (χ3n) is 4.93. The minimum Gasteiger partial charge on any atom is -0.378 e. The first-order chi connectivity index (χ1) is 9.08. The lowest BCUT2D eigenvalue weighted by Crippen LogP contribution is -2.57. The molecule has 0 aromatic rings. The number of hydrogen-bond acceptors (Lipinski definition) is 3. The Balaban J connectivity index is 1.95. The van der Waals surface area contributed by atoms with Crippen LogP contribution in [0.1, 0.15) is 52.9 Å². The summed E-state index contributed by atoms with van der Waals surface area (Å²) in [6.07, 6.45) is 6.87. The lowest BCUT2D eigenvalue weighted by Gasteiger charge is -2.46. The van der Waals surface area contributed by atoms with Gasteiger partial charge in [-0.3, -0.25) is 4.90 Å². The van der Waals surface area contributed by atoms with Crippen LogP contribution in [-0.2, 0) is 4.74 Å². The van der Waals surface area contributed by atoms with Gasteiger partial charge in [0.25, 0.3) is 0 Å². The summed E-state index contributed by atoms with van der Waals surface area (Å²) in [7, 11) is 0. The molecule has 19 heavy (non-hydrogen) atoms. The van der Waals surface area contributed by atoms with Gasteiger partial charge in [-0.05, 0) is 45.1 Å². The zero-order valence-electron chi connectivity index (χ0n) is 13.1. The van der Waals surface area contributed by atoms with Crippen LogP contribution in [0.5, 0.6) is 0 Å². The maximum atomic E-state index is 5.65. The van der Waals surface area contributed by atoms with Gasteiger partial charge in [-0.15, -0.1) is 0 Å². The molecule has 3 heteroatoms. The van der Waals surface area contributed by atoms with Gasteiger partial charge in [0.15, 0.2) is 0 Å². The normalized spacial score (nSPS) is 26.7. The summed E-state index contributed by atoms with van der Waals surface area (Å²) in [5, 5.41) is 3.68. The molecule has 1 aliphatic heterocycles. The highest BCUT2D eigenvalue weighted by molar-refractivity contribution is 4.94. The van der Waals surface area contributed by atoms with Gasteiger partial charge < -0.3 is 10.1 Å². The Labute approximate surface area is 119 Å². The van der Waals surface area contributed by atoms with Crippen LogP contribution >= 0.6 is 0 Å². The molecule has 0 unspecified atom stereocenters. The van der Waals surface area contributed by atoms with Crippen molar-refractivity contribution in [1.82, 2.24) is 10.2 Å². The van der Waals surface area contributed by atoms with Crippen molar-refractivity contribution in [2.45, 2.75) is 58.4 Å². The third-order valence-corrected chi connectivity index (χ3v) is 4.93. The summed E-state index contributed by atoms with van der Waals surface area (Å²) in [6, 6.07) is 0. The number of morpholine rings is 1. The van der Waals surface area contributed by atoms with E-state index in [-0.39, 0.29) is 5.54 Å². The fourth-order valence-electron chi connectivity index (χ4n) is 3.63. The topological polar surface area (TPSA) is 24.5 Å². The standard InChI is InChI=1S/C16H32N2O/c1-4-9-17-12-16(7-5-6-8-16)13-18-10-11-19-14-15(18,2)3/h17H,4-14H2,1-3H3. The van der Waals surface area contributed by atoms with Crippen LogP contribution in [0.2, 0.25) is 0 Å². The average molecular weight is 268 g/mol. The van der Waals surface area contributed by atoms with Gasteiger partial charge in [0.05, 0.1) is 13.2 Å². The summed E-state index contributed by atoms with van der Waals surface area (Å²) in [6.45, 7) is 13.4. The second-order valence-electron chi connectivity index (χ2n) is 7.17. The van der Waals surface area contributed by atoms with Gasteiger partial charge in [-0.25, -0.2) is 0 Å². The van der Waals surface area contributed by atoms with Crippen LogP contribution in [0, 0.1) is 5.41 Å². The van der Waals surface area contributed by atoms with Crippen LogP contribution < -0.4 is 5.32 Å². The first-order valence-corrected chi connectivity index (χ1v) is 8.12. The van der Waals surface area contributed by atoms with Crippen molar-refractivity contribution in [3.8, 4) is 0 Å². The Morgan fingerprint density at radius 2 is 1.95 bits per heavy atom. The van der Waals surface area contributed by atoms with Gasteiger partial charge in [-0.1, -0.05) is 19.8 Å². The predicted octanol–water partition coefficient (Wildman–Crippen LogP) is 2.66. The van der Waals surface area contributed by atoms with E-state index in [0.717, 1.165) is 26.3 Å². The molecule has 0 atom stereocenters. The molecular formula is C16H32N2O. The summed E-state index contributed by atoms with van der Waals surface area (Å²) in [5.41, 5.74) is 0.725. The molecule has 1 aliphatic carbocycles. The van der Waals surface area contributed by atoms with Gasteiger partial charge in [0.2, 0.25) is 0 Å². The number of nitrogens with zero attached hydrogens (tertiary/aromatic N) is 1. The number of nitrogens with one attached hydrogen (secondary N) is 1. The number of hydrogen-bond donors (Lipinski definition) is 1. The van der Waals surface area contributed by atoms with E-state index in [2.05, 4.69) is 31.0 Å². The predicted molar refractivity (Wildman–Crippen MR) is 80.5 cm³/mol. The van der Waals surface area contributed by atoms with Crippen molar-refractivity contribution in [3.05, 3.63) is 0 Å². The first kappa shape index (κ1) is 15.3. The first-order valence-electron chi connectivity index (χ1n) is 8.12. The zero-order chi connectivity index (χ0) is 13.8.